The van der Waals surface area contributed by atoms with Crippen molar-refractivity contribution in [2.24, 2.45) is 0 Å². The number of fused-ring (bicyclic) bond motifs is 5. The molecule has 63 heavy (non-hydrogen) atoms. The molecule has 2 aromatic heterocycles. The molecular weight excluding hydrogens is 953 g/mol. The zero-order valence-corrected chi connectivity index (χ0v) is 38.6. The summed E-state index contributed by atoms with van der Waals surface area (Å²) in [6, 6.07) is 55.2. The van der Waals surface area contributed by atoms with E-state index in [0.717, 1.165) is 67.5 Å². The first-order valence-corrected chi connectivity index (χ1v) is 21.3. The van der Waals surface area contributed by atoms with Gasteiger partial charge in [-0.1, -0.05) is 84.0 Å². The smallest absolute Gasteiger partial charge is 0.466 e. The Hall–Kier alpha value is -6.69. The number of nitrogens with zero attached hydrogens (tertiary/aromatic N) is 5. The summed E-state index contributed by atoms with van der Waals surface area (Å²) in [5, 5.41) is 0. The number of aryl methyl sites for hydroxylation is 7. The number of benzene rings is 7. The van der Waals surface area contributed by atoms with Gasteiger partial charge in [0.15, 0.2) is 0 Å². The van der Waals surface area contributed by atoms with Crippen molar-refractivity contribution in [1.29, 1.82) is 0 Å². The summed E-state index contributed by atoms with van der Waals surface area (Å²) >= 11 is 0. The molecule has 0 fully saturated rings. The minimum Gasteiger partial charge on any atom is -0.466 e. The SMILES string of the molecule is Cc1cc(C)c(-n2c(-c3[c-]c4c(cc3)N(c3c(C)cccc3C)c3cccc5c3B4c3[c-]c(Oc4ccccn4)ccc3N5c3c(C)cccc3C)nc3ccccc32)c(C)c1.[Pt+2]. The molecule has 0 aliphatic carbocycles. The number of pyridine rings is 1. The van der Waals surface area contributed by atoms with Crippen LogP contribution in [-0.2, 0) is 21.1 Å². The first-order valence-electron chi connectivity index (χ1n) is 21.3. The molecule has 8 heteroatoms. The van der Waals surface area contributed by atoms with Crippen molar-refractivity contribution in [3.05, 3.63) is 191 Å². The van der Waals surface area contributed by atoms with Crippen molar-refractivity contribution >= 4 is 68.3 Å². The van der Waals surface area contributed by atoms with E-state index < -0.39 is 0 Å². The molecule has 0 unspecified atom stereocenters. The third kappa shape index (κ3) is 6.43. The Morgan fingerprint density at radius 1 is 0.524 bits per heavy atom. The van der Waals surface area contributed by atoms with E-state index in [9.17, 15) is 0 Å². The Labute approximate surface area is 384 Å². The number of hydrogen-bond acceptors (Lipinski definition) is 5. The van der Waals surface area contributed by atoms with Crippen molar-refractivity contribution in [2.45, 2.75) is 48.5 Å². The van der Waals surface area contributed by atoms with E-state index in [1.54, 1.807) is 6.20 Å². The molecule has 7 aromatic carbocycles. The van der Waals surface area contributed by atoms with Crippen LogP contribution in [0.5, 0.6) is 11.6 Å². The van der Waals surface area contributed by atoms with Gasteiger partial charge in [0, 0.05) is 46.4 Å². The van der Waals surface area contributed by atoms with E-state index in [1.807, 2.05) is 24.3 Å². The molecule has 308 valence electrons. The predicted molar refractivity (Wildman–Crippen MR) is 256 cm³/mol. The van der Waals surface area contributed by atoms with Gasteiger partial charge < -0.3 is 19.1 Å². The maximum absolute atomic E-state index is 6.47. The third-order valence-electron chi connectivity index (χ3n) is 12.6. The minimum atomic E-state index is -0.250. The first kappa shape index (κ1) is 40.4. The Kier molecular flexibility index (Phi) is 9.99. The van der Waals surface area contributed by atoms with Gasteiger partial charge >= 0.3 is 21.1 Å². The fourth-order valence-corrected chi connectivity index (χ4v) is 10.2. The monoisotopic (exact) mass is 996 g/mol. The maximum Gasteiger partial charge on any atom is 2.00 e. The van der Waals surface area contributed by atoms with Gasteiger partial charge in [-0.3, -0.25) is 4.98 Å². The molecule has 0 amide bonds. The molecule has 6 nitrogen and oxygen atoms in total. The van der Waals surface area contributed by atoms with Crippen LogP contribution in [0.15, 0.2) is 140 Å². The van der Waals surface area contributed by atoms with Crippen molar-refractivity contribution < 1.29 is 25.8 Å². The van der Waals surface area contributed by atoms with Gasteiger partial charge in [0.2, 0.25) is 12.6 Å². The fourth-order valence-electron chi connectivity index (χ4n) is 10.2. The molecule has 0 N–H and O–H groups in total. The Balaban J connectivity index is 0.00000471. The molecule has 9 aromatic rings. The summed E-state index contributed by atoms with van der Waals surface area (Å²) in [5.41, 5.74) is 22.4. The number of para-hydroxylation sites is 4. The minimum absolute atomic E-state index is 0. The molecular formula is C55H44BN5OPt. The van der Waals surface area contributed by atoms with Crippen LogP contribution in [0.2, 0.25) is 0 Å². The largest absolute Gasteiger partial charge is 2.00 e. The number of imidazole rings is 1. The molecule has 0 bridgehead atoms. The number of anilines is 6. The Morgan fingerprint density at radius 3 is 1.71 bits per heavy atom. The van der Waals surface area contributed by atoms with E-state index in [1.165, 1.54) is 50.1 Å². The van der Waals surface area contributed by atoms with E-state index >= 15 is 0 Å². The average Bonchev–Trinajstić information content (AvgIpc) is 3.64. The Morgan fingerprint density at radius 2 is 1.10 bits per heavy atom. The summed E-state index contributed by atoms with van der Waals surface area (Å²) in [5.74, 6) is 1.98. The van der Waals surface area contributed by atoms with Gasteiger partial charge in [0.1, 0.15) is 0 Å². The van der Waals surface area contributed by atoms with Gasteiger partial charge in [-0.25, -0.2) is 4.98 Å². The number of aromatic nitrogens is 3. The molecule has 2 aliphatic rings. The maximum atomic E-state index is 6.47. The number of hydrogen-bond donors (Lipinski definition) is 0. The zero-order valence-electron chi connectivity index (χ0n) is 36.3. The molecule has 2 aliphatic heterocycles. The Bertz CT molecular complexity index is 3210. The molecule has 0 spiro atoms. The number of ether oxygens (including phenoxy) is 1. The van der Waals surface area contributed by atoms with Crippen molar-refractivity contribution in [1.82, 2.24) is 14.5 Å². The molecule has 11 rings (SSSR count). The van der Waals surface area contributed by atoms with Gasteiger partial charge in [-0.05, 0) is 123 Å². The summed E-state index contributed by atoms with van der Waals surface area (Å²) in [6.45, 7) is 15.1. The predicted octanol–water partition coefficient (Wildman–Crippen LogP) is 11.7. The van der Waals surface area contributed by atoms with Crippen LogP contribution in [0.4, 0.5) is 34.1 Å². The molecule has 0 atom stereocenters. The van der Waals surface area contributed by atoms with E-state index in [2.05, 4.69) is 189 Å². The zero-order chi connectivity index (χ0) is 42.4. The van der Waals surface area contributed by atoms with E-state index in [4.69, 9.17) is 9.72 Å². The first-order chi connectivity index (χ1) is 30.2. The summed E-state index contributed by atoms with van der Waals surface area (Å²) in [6.07, 6.45) is 1.75. The second-order valence-electron chi connectivity index (χ2n) is 16.9. The van der Waals surface area contributed by atoms with Gasteiger partial charge in [0.25, 0.3) is 0 Å². The second kappa shape index (κ2) is 15.6. The normalized spacial score (nSPS) is 12.5. The third-order valence-corrected chi connectivity index (χ3v) is 12.6. The van der Waals surface area contributed by atoms with Crippen LogP contribution in [0.3, 0.4) is 0 Å². The average molecular weight is 997 g/mol. The standard InChI is InChI=1S/C55H44BN5O.Pt/c1-33-29-38(6)54(39(7)30-33)61-47-20-9-8-19-44(47)58-55(61)40-24-26-45-42(31-40)56-43-32-41(62-50-23-10-11-28-57-50)25-27-46(43)60(53-36(4)17-13-18-37(53)5)49-22-14-21-48(51(49)56)59(45)52-34(2)15-12-16-35(52)3;/h8-30H,1-7H3;/q-2;+2. The van der Waals surface area contributed by atoms with Crippen molar-refractivity contribution in [2.75, 3.05) is 9.80 Å². The van der Waals surface area contributed by atoms with Crippen LogP contribution in [0, 0.1) is 60.6 Å². The van der Waals surface area contributed by atoms with Crippen molar-refractivity contribution in [3.8, 4) is 28.7 Å². The van der Waals surface area contributed by atoms with Gasteiger partial charge in [-0.15, -0.1) is 47.4 Å². The van der Waals surface area contributed by atoms with E-state index in [-0.39, 0.29) is 27.8 Å². The molecule has 4 heterocycles. The topological polar surface area (TPSA) is 46.4 Å². The molecule has 0 saturated heterocycles. The van der Waals surface area contributed by atoms with Crippen LogP contribution < -0.4 is 30.9 Å². The fraction of sp³-hybridized carbons (Fsp3) is 0.127. The summed E-state index contributed by atoms with van der Waals surface area (Å²) < 4.78 is 8.81. The summed E-state index contributed by atoms with van der Waals surface area (Å²) in [4.78, 5) is 14.8. The van der Waals surface area contributed by atoms with Crippen LogP contribution in [-0.4, -0.2) is 21.2 Å². The van der Waals surface area contributed by atoms with Gasteiger partial charge in [-0.2, -0.15) is 5.46 Å². The van der Waals surface area contributed by atoms with Crippen molar-refractivity contribution in [3.63, 3.8) is 0 Å². The summed E-state index contributed by atoms with van der Waals surface area (Å²) in [7, 11) is 0. The van der Waals surface area contributed by atoms with E-state index in [0.29, 0.717) is 11.6 Å². The molecule has 0 saturated carbocycles. The van der Waals surface area contributed by atoms with Crippen LogP contribution in [0.1, 0.15) is 38.9 Å². The quantitative estimate of drug-likeness (QED) is 0.123. The second-order valence-corrected chi connectivity index (χ2v) is 16.9. The molecule has 0 radical (unpaired) electrons. The number of rotatable bonds is 6. The van der Waals surface area contributed by atoms with Crippen LogP contribution in [0.25, 0.3) is 28.1 Å². The van der Waals surface area contributed by atoms with Gasteiger partial charge in [0.05, 0.1) is 16.9 Å². The van der Waals surface area contributed by atoms with Crippen LogP contribution >= 0.6 is 0 Å².